The molecule has 1 N–H and O–H groups in total. The van der Waals surface area contributed by atoms with Gasteiger partial charge in [-0.2, -0.15) is 5.10 Å². The van der Waals surface area contributed by atoms with Gasteiger partial charge in [0.1, 0.15) is 18.5 Å². The standard InChI is InChI=1S/C21H22N4O2/c1-15-22-21(25(24-15)13-12-16-8-4-2-5-9-16)20-19(23-18(26)14-27-20)17-10-6-3-7-11-17/h2-11,19-20H,12-14H2,1H3,(H,23,26)/t19-,20+/m1/s1. The maximum atomic E-state index is 11.9. The van der Waals surface area contributed by atoms with Gasteiger partial charge in [0.05, 0.1) is 6.04 Å². The summed E-state index contributed by atoms with van der Waals surface area (Å²) in [5.74, 6) is 1.33. The van der Waals surface area contributed by atoms with E-state index >= 15 is 0 Å². The van der Waals surface area contributed by atoms with Gasteiger partial charge in [-0.3, -0.25) is 4.79 Å². The van der Waals surface area contributed by atoms with Crippen LogP contribution >= 0.6 is 0 Å². The summed E-state index contributed by atoms with van der Waals surface area (Å²) in [6.45, 7) is 2.61. The lowest BCUT2D eigenvalue weighted by atomic mass is 9.99. The highest BCUT2D eigenvalue weighted by Gasteiger charge is 2.35. The minimum Gasteiger partial charge on any atom is -0.358 e. The van der Waals surface area contributed by atoms with Crippen LogP contribution in [-0.2, 0) is 22.5 Å². The van der Waals surface area contributed by atoms with Gasteiger partial charge in [0.25, 0.3) is 0 Å². The second kappa shape index (κ2) is 7.72. The van der Waals surface area contributed by atoms with Crippen LogP contribution < -0.4 is 5.32 Å². The van der Waals surface area contributed by atoms with Crippen LogP contribution in [0.15, 0.2) is 60.7 Å². The Morgan fingerprint density at radius 3 is 2.56 bits per heavy atom. The van der Waals surface area contributed by atoms with Crippen molar-refractivity contribution in [2.75, 3.05) is 6.61 Å². The summed E-state index contributed by atoms with van der Waals surface area (Å²) in [5, 5.41) is 7.61. The summed E-state index contributed by atoms with van der Waals surface area (Å²) < 4.78 is 7.82. The maximum Gasteiger partial charge on any atom is 0.246 e. The summed E-state index contributed by atoms with van der Waals surface area (Å²) in [7, 11) is 0. The second-order valence-electron chi connectivity index (χ2n) is 6.66. The molecule has 0 bridgehead atoms. The topological polar surface area (TPSA) is 69.0 Å². The molecule has 6 heteroatoms. The highest BCUT2D eigenvalue weighted by molar-refractivity contribution is 5.78. The van der Waals surface area contributed by atoms with Crippen LogP contribution in [0.25, 0.3) is 0 Å². The summed E-state index contributed by atoms with van der Waals surface area (Å²) in [5.41, 5.74) is 2.24. The maximum absolute atomic E-state index is 11.9. The molecule has 1 amide bonds. The van der Waals surface area contributed by atoms with Gasteiger partial charge in [-0.05, 0) is 24.5 Å². The Morgan fingerprint density at radius 1 is 1.11 bits per heavy atom. The van der Waals surface area contributed by atoms with E-state index in [2.05, 4.69) is 27.5 Å². The Bertz CT molecular complexity index is 908. The molecule has 1 aliphatic heterocycles. The van der Waals surface area contributed by atoms with E-state index in [0.717, 1.165) is 17.8 Å². The zero-order chi connectivity index (χ0) is 18.6. The number of hydrogen-bond donors (Lipinski definition) is 1. The molecular weight excluding hydrogens is 340 g/mol. The number of nitrogens with zero attached hydrogens (tertiary/aromatic N) is 3. The van der Waals surface area contributed by atoms with Crippen LogP contribution in [0, 0.1) is 6.92 Å². The molecule has 1 aromatic heterocycles. The van der Waals surface area contributed by atoms with Crippen molar-refractivity contribution >= 4 is 5.91 Å². The molecule has 0 spiro atoms. The summed E-state index contributed by atoms with van der Waals surface area (Å²) in [4.78, 5) is 16.6. The van der Waals surface area contributed by atoms with Gasteiger partial charge in [-0.15, -0.1) is 0 Å². The lowest BCUT2D eigenvalue weighted by Gasteiger charge is -2.32. The number of ether oxygens (including phenoxy) is 1. The first kappa shape index (κ1) is 17.4. The third-order valence-corrected chi connectivity index (χ3v) is 4.69. The van der Waals surface area contributed by atoms with Crippen LogP contribution in [-0.4, -0.2) is 27.3 Å². The number of aryl methyl sites for hydroxylation is 3. The largest absolute Gasteiger partial charge is 0.358 e. The number of morpholine rings is 1. The van der Waals surface area contributed by atoms with Gasteiger partial charge in [0.2, 0.25) is 5.91 Å². The Balaban J connectivity index is 1.62. The monoisotopic (exact) mass is 362 g/mol. The SMILES string of the molecule is Cc1nc([C@H]2OCC(=O)N[C@@H]2c2ccccc2)n(CCc2ccccc2)n1. The minimum absolute atomic E-state index is 0.0264. The van der Waals surface area contributed by atoms with Crippen molar-refractivity contribution in [2.24, 2.45) is 0 Å². The second-order valence-corrected chi connectivity index (χ2v) is 6.66. The molecule has 3 aromatic rings. The molecule has 4 rings (SSSR count). The quantitative estimate of drug-likeness (QED) is 0.758. The molecule has 1 aliphatic rings. The van der Waals surface area contributed by atoms with Gasteiger partial charge in [-0.25, -0.2) is 9.67 Å². The Morgan fingerprint density at radius 2 is 1.81 bits per heavy atom. The lowest BCUT2D eigenvalue weighted by Crippen LogP contribution is -2.42. The van der Waals surface area contributed by atoms with E-state index < -0.39 is 0 Å². The molecule has 0 radical (unpaired) electrons. The first-order valence-corrected chi connectivity index (χ1v) is 9.12. The predicted molar refractivity (Wildman–Crippen MR) is 101 cm³/mol. The fraction of sp³-hybridized carbons (Fsp3) is 0.286. The van der Waals surface area contributed by atoms with Crippen molar-refractivity contribution < 1.29 is 9.53 Å². The molecule has 138 valence electrons. The molecule has 0 unspecified atom stereocenters. The fourth-order valence-electron chi connectivity index (χ4n) is 3.42. The fourth-order valence-corrected chi connectivity index (χ4v) is 3.42. The van der Waals surface area contributed by atoms with E-state index in [1.165, 1.54) is 5.56 Å². The summed E-state index contributed by atoms with van der Waals surface area (Å²) in [6, 6.07) is 19.9. The number of nitrogens with one attached hydrogen (secondary N) is 1. The normalized spacial score (nSPS) is 19.7. The van der Waals surface area contributed by atoms with E-state index in [9.17, 15) is 4.79 Å². The van der Waals surface area contributed by atoms with Crippen LogP contribution in [0.3, 0.4) is 0 Å². The molecule has 2 heterocycles. The predicted octanol–water partition coefficient (Wildman–Crippen LogP) is 2.76. The van der Waals surface area contributed by atoms with Gasteiger partial charge in [-0.1, -0.05) is 60.7 Å². The molecule has 1 saturated heterocycles. The number of carbonyl (C=O) groups excluding carboxylic acids is 1. The number of rotatable bonds is 5. The smallest absolute Gasteiger partial charge is 0.246 e. The van der Waals surface area contributed by atoms with E-state index in [1.807, 2.05) is 60.1 Å². The van der Waals surface area contributed by atoms with Crippen molar-refractivity contribution in [2.45, 2.75) is 32.0 Å². The third kappa shape index (κ3) is 3.90. The average molecular weight is 362 g/mol. The number of benzene rings is 2. The molecular formula is C21H22N4O2. The van der Waals surface area contributed by atoms with Gasteiger partial charge < -0.3 is 10.1 Å². The molecule has 2 atom stereocenters. The van der Waals surface area contributed by atoms with Gasteiger partial charge in [0, 0.05) is 6.54 Å². The van der Waals surface area contributed by atoms with Gasteiger partial charge in [0.15, 0.2) is 5.82 Å². The van der Waals surface area contributed by atoms with Crippen LogP contribution in [0.2, 0.25) is 0 Å². The Labute approximate surface area is 158 Å². The van der Waals surface area contributed by atoms with E-state index in [0.29, 0.717) is 12.4 Å². The summed E-state index contributed by atoms with van der Waals surface area (Å²) in [6.07, 6.45) is 0.480. The third-order valence-electron chi connectivity index (χ3n) is 4.69. The zero-order valence-electron chi connectivity index (χ0n) is 15.2. The number of amides is 1. The highest BCUT2D eigenvalue weighted by Crippen LogP contribution is 2.33. The van der Waals surface area contributed by atoms with Crippen molar-refractivity contribution in [1.29, 1.82) is 0 Å². The first-order chi connectivity index (χ1) is 13.2. The number of aromatic nitrogens is 3. The molecule has 0 aliphatic carbocycles. The van der Waals surface area contributed by atoms with E-state index in [4.69, 9.17) is 4.74 Å². The minimum atomic E-state index is -0.373. The van der Waals surface area contributed by atoms with Crippen molar-refractivity contribution in [1.82, 2.24) is 20.1 Å². The Hall–Kier alpha value is -2.99. The zero-order valence-corrected chi connectivity index (χ0v) is 15.2. The van der Waals surface area contributed by atoms with Crippen molar-refractivity contribution in [3.05, 3.63) is 83.4 Å². The van der Waals surface area contributed by atoms with Crippen molar-refractivity contribution in [3.8, 4) is 0 Å². The van der Waals surface area contributed by atoms with Crippen LogP contribution in [0.5, 0.6) is 0 Å². The number of carbonyl (C=O) groups is 1. The lowest BCUT2D eigenvalue weighted by molar-refractivity contribution is -0.138. The van der Waals surface area contributed by atoms with Crippen LogP contribution in [0.1, 0.15) is 34.9 Å². The molecule has 6 nitrogen and oxygen atoms in total. The van der Waals surface area contributed by atoms with Crippen molar-refractivity contribution in [3.63, 3.8) is 0 Å². The van der Waals surface area contributed by atoms with E-state index in [-0.39, 0.29) is 24.7 Å². The molecule has 2 aromatic carbocycles. The number of hydrogen-bond acceptors (Lipinski definition) is 4. The Kier molecular flexibility index (Phi) is 4.98. The highest BCUT2D eigenvalue weighted by atomic mass is 16.5. The molecule has 0 saturated carbocycles. The van der Waals surface area contributed by atoms with Crippen LogP contribution in [0.4, 0.5) is 0 Å². The molecule has 1 fully saturated rings. The average Bonchev–Trinajstić information content (AvgIpc) is 3.08. The first-order valence-electron chi connectivity index (χ1n) is 9.12. The summed E-state index contributed by atoms with van der Waals surface area (Å²) >= 11 is 0. The molecule has 27 heavy (non-hydrogen) atoms. The van der Waals surface area contributed by atoms with Gasteiger partial charge >= 0.3 is 0 Å². The van der Waals surface area contributed by atoms with E-state index in [1.54, 1.807) is 0 Å².